The molecule has 15 heavy (non-hydrogen) atoms. The summed E-state index contributed by atoms with van der Waals surface area (Å²) in [6.45, 7) is 0. The van der Waals surface area contributed by atoms with Crippen LogP contribution < -0.4 is 11.2 Å². The van der Waals surface area contributed by atoms with Crippen LogP contribution in [0, 0.1) is 11.3 Å². The fraction of sp³-hybridized carbons (Fsp3) is 0.125. The highest BCUT2D eigenvalue weighted by molar-refractivity contribution is 5.92. The van der Waals surface area contributed by atoms with Crippen LogP contribution in [0.1, 0.15) is 28.0 Å². The summed E-state index contributed by atoms with van der Waals surface area (Å²) in [5, 5.41) is 8.45. The molecule has 0 radical (unpaired) electrons. The van der Waals surface area contributed by atoms with E-state index in [0.717, 1.165) is 6.20 Å². The molecule has 1 heterocycles. The van der Waals surface area contributed by atoms with Gasteiger partial charge in [-0.1, -0.05) is 0 Å². The van der Waals surface area contributed by atoms with Crippen molar-refractivity contribution in [1.29, 1.82) is 5.26 Å². The quantitative estimate of drug-likeness (QED) is 0.737. The maximum atomic E-state index is 12.4. The van der Waals surface area contributed by atoms with Crippen LogP contribution in [0.5, 0.6) is 0 Å². The molecule has 0 saturated heterocycles. The Morgan fingerprint density at radius 3 is 2.60 bits per heavy atom. The number of amides is 1. The number of alkyl halides is 2. The number of carbonyl (C=O) groups excluding carboxylic acids is 1. The number of nitrogens with one attached hydrogen (secondary N) is 1. The Bertz CT molecular complexity index is 502. The van der Waals surface area contributed by atoms with E-state index in [-0.39, 0.29) is 0 Å². The van der Waals surface area contributed by atoms with E-state index in [2.05, 4.69) is 4.98 Å². The summed E-state index contributed by atoms with van der Waals surface area (Å²) >= 11 is 0. The number of carbonyl (C=O) groups is 1. The average Bonchev–Trinajstić information content (AvgIpc) is 2.15. The lowest BCUT2D eigenvalue weighted by Gasteiger charge is -2.02. The van der Waals surface area contributed by atoms with E-state index in [1.807, 2.05) is 0 Å². The van der Waals surface area contributed by atoms with Gasteiger partial charge in [0.05, 0.1) is 0 Å². The second-order valence-corrected chi connectivity index (χ2v) is 2.60. The highest BCUT2D eigenvalue weighted by Gasteiger charge is 2.21. The smallest absolute Gasteiger partial charge is 0.270 e. The molecule has 78 valence electrons. The summed E-state index contributed by atoms with van der Waals surface area (Å²) < 4.78 is 24.8. The Balaban J connectivity index is 3.59. The van der Waals surface area contributed by atoms with Crippen LogP contribution in [-0.2, 0) is 0 Å². The van der Waals surface area contributed by atoms with Crippen LogP contribution in [0.25, 0.3) is 0 Å². The molecule has 0 atom stereocenters. The summed E-state index contributed by atoms with van der Waals surface area (Å²) in [6, 6.07) is 1.40. The number of hydrogen-bond donors (Lipinski definition) is 2. The van der Waals surface area contributed by atoms with E-state index < -0.39 is 34.6 Å². The zero-order chi connectivity index (χ0) is 11.6. The molecule has 0 saturated carbocycles. The Morgan fingerprint density at radius 1 is 1.60 bits per heavy atom. The van der Waals surface area contributed by atoms with Gasteiger partial charge in [-0.2, -0.15) is 5.26 Å². The molecule has 7 heteroatoms. The molecular weight excluding hydrogens is 208 g/mol. The van der Waals surface area contributed by atoms with E-state index in [1.54, 1.807) is 0 Å². The van der Waals surface area contributed by atoms with Crippen LogP contribution in [0.3, 0.4) is 0 Å². The van der Waals surface area contributed by atoms with E-state index in [0.29, 0.717) is 0 Å². The number of H-pyrrole nitrogens is 1. The standard InChI is InChI=1S/C8H5F2N3O2/c9-7(10)5-4(1-11)13-2-3(6(5)14)8(12)15/h2,7H,(H2,12,15)(H,13,14). The molecular formula is C8H5F2N3O2. The normalized spacial score (nSPS) is 10.0. The Kier molecular flexibility index (Phi) is 2.80. The van der Waals surface area contributed by atoms with Gasteiger partial charge >= 0.3 is 0 Å². The van der Waals surface area contributed by atoms with Crippen LogP contribution in [0.4, 0.5) is 8.78 Å². The number of rotatable bonds is 2. The molecule has 0 aliphatic heterocycles. The third-order valence-electron chi connectivity index (χ3n) is 1.71. The van der Waals surface area contributed by atoms with Gasteiger partial charge in [-0.25, -0.2) is 8.78 Å². The van der Waals surface area contributed by atoms with Crippen LogP contribution in [0.15, 0.2) is 11.0 Å². The second kappa shape index (κ2) is 3.88. The van der Waals surface area contributed by atoms with Gasteiger partial charge in [0.2, 0.25) is 5.43 Å². The molecule has 0 aliphatic rings. The van der Waals surface area contributed by atoms with Crippen molar-refractivity contribution in [1.82, 2.24) is 4.98 Å². The van der Waals surface area contributed by atoms with Crippen molar-refractivity contribution >= 4 is 5.91 Å². The first kappa shape index (κ1) is 10.8. The molecule has 0 aliphatic carbocycles. The molecule has 0 fully saturated rings. The van der Waals surface area contributed by atoms with Gasteiger partial charge in [0.1, 0.15) is 22.9 Å². The maximum Gasteiger partial charge on any atom is 0.270 e. The lowest BCUT2D eigenvalue weighted by Crippen LogP contribution is -2.25. The van der Waals surface area contributed by atoms with Crippen molar-refractivity contribution in [2.75, 3.05) is 0 Å². The zero-order valence-electron chi connectivity index (χ0n) is 7.25. The van der Waals surface area contributed by atoms with E-state index >= 15 is 0 Å². The summed E-state index contributed by atoms with van der Waals surface area (Å²) in [5.74, 6) is -1.12. The largest absolute Gasteiger partial charge is 0.365 e. The molecule has 0 bridgehead atoms. The summed E-state index contributed by atoms with van der Waals surface area (Å²) in [6.07, 6.45) is -2.29. The Labute approximate surface area is 82.1 Å². The molecule has 1 rings (SSSR count). The number of aromatic amines is 1. The first-order chi connectivity index (χ1) is 6.99. The molecule has 1 aromatic rings. The molecule has 0 spiro atoms. The number of halogens is 2. The minimum absolute atomic E-state index is 0.569. The molecule has 1 aromatic heterocycles. The Hall–Kier alpha value is -2.23. The number of aromatic nitrogens is 1. The van der Waals surface area contributed by atoms with Crippen LogP contribution in [-0.4, -0.2) is 10.9 Å². The van der Waals surface area contributed by atoms with Crippen LogP contribution >= 0.6 is 0 Å². The highest BCUT2D eigenvalue weighted by atomic mass is 19.3. The summed E-state index contributed by atoms with van der Waals surface area (Å²) in [4.78, 5) is 24.1. The summed E-state index contributed by atoms with van der Waals surface area (Å²) in [7, 11) is 0. The highest BCUT2D eigenvalue weighted by Crippen LogP contribution is 2.17. The van der Waals surface area contributed by atoms with Gasteiger partial charge in [0.15, 0.2) is 0 Å². The van der Waals surface area contributed by atoms with Gasteiger partial charge in [-0.3, -0.25) is 9.59 Å². The predicted octanol–water partition coefficient (Wildman–Crippen LogP) is 0.283. The van der Waals surface area contributed by atoms with Crippen LogP contribution in [0.2, 0.25) is 0 Å². The van der Waals surface area contributed by atoms with E-state index in [9.17, 15) is 18.4 Å². The van der Waals surface area contributed by atoms with Crippen molar-refractivity contribution < 1.29 is 13.6 Å². The van der Waals surface area contributed by atoms with Crippen molar-refractivity contribution in [3.05, 3.63) is 33.2 Å². The average molecular weight is 213 g/mol. The monoisotopic (exact) mass is 213 g/mol. The first-order valence-corrected chi connectivity index (χ1v) is 3.72. The topological polar surface area (TPSA) is 99.7 Å². The molecule has 1 amide bonds. The van der Waals surface area contributed by atoms with Gasteiger partial charge in [0.25, 0.3) is 12.3 Å². The number of pyridine rings is 1. The third kappa shape index (κ3) is 1.83. The number of primary amides is 1. The lowest BCUT2D eigenvalue weighted by molar-refractivity contribution is 0.0998. The van der Waals surface area contributed by atoms with Crippen molar-refractivity contribution in [3.63, 3.8) is 0 Å². The Morgan fingerprint density at radius 2 is 2.20 bits per heavy atom. The summed E-state index contributed by atoms with van der Waals surface area (Å²) in [5.41, 5.74) is 1.38. The minimum Gasteiger partial charge on any atom is -0.365 e. The molecule has 5 nitrogen and oxygen atoms in total. The number of nitrogens with zero attached hydrogens (tertiary/aromatic N) is 1. The SMILES string of the molecule is N#Cc1[nH]cc(C(N)=O)c(=O)c1C(F)F. The van der Waals surface area contributed by atoms with Gasteiger partial charge in [0, 0.05) is 6.20 Å². The first-order valence-electron chi connectivity index (χ1n) is 3.72. The number of nitriles is 1. The van der Waals surface area contributed by atoms with Gasteiger partial charge in [-0.15, -0.1) is 0 Å². The zero-order valence-corrected chi connectivity index (χ0v) is 7.25. The minimum atomic E-state index is -3.14. The number of hydrogen-bond acceptors (Lipinski definition) is 3. The predicted molar refractivity (Wildman–Crippen MR) is 45.3 cm³/mol. The third-order valence-corrected chi connectivity index (χ3v) is 1.71. The molecule has 0 aromatic carbocycles. The molecule has 0 unspecified atom stereocenters. The van der Waals surface area contributed by atoms with Crippen molar-refractivity contribution in [3.8, 4) is 6.07 Å². The maximum absolute atomic E-state index is 12.4. The van der Waals surface area contributed by atoms with Crippen molar-refractivity contribution in [2.45, 2.75) is 6.43 Å². The number of nitrogens with two attached hydrogens (primary N) is 1. The van der Waals surface area contributed by atoms with E-state index in [4.69, 9.17) is 11.0 Å². The van der Waals surface area contributed by atoms with E-state index in [1.165, 1.54) is 6.07 Å². The second-order valence-electron chi connectivity index (χ2n) is 2.60. The fourth-order valence-corrected chi connectivity index (χ4v) is 1.03. The van der Waals surface area contributed by atoms with Gasteiger partial charge in [-0.05, 0) is 0 Å². The van der Waals surface area contributed by atoms with Crippen molar-refractivity contribution in [2.24, 2.45) is 5.73 Å². The lowest BCUT2D eigenvalue weighted by atomic mass is 10.1. The fourth-order valence-electron chi connectivity index (χ4n) is 1.03. The van der Waals surface area contributed by atoms with Gasteiger partial charge < -0.3 is 10.7 Å². The molecule has 3 N–H and O–H groups in total.